The summed E-state index contributed by atoms with van der Waals surface area (Å²) in [6.45, 7) is 9.34. The van der Waals surface area contributed by atoms with Crippen LogP contribution in [0.15, 0.2) is 23.2 Å². The Labute approximate surface area is 195 Å². The fourth-order valence-corrected chi connectivity index (χ4v) is 3.18. The summed E-state index contributed by atoms with van der Waals surface area (Å²) < 4.78 is 35.1. The number of likely N-dealkylation sites (N-methyl/N-ethyl adjacent to an activating group) is 1. The molecule has 172 valence electrons. The predicted molar refractivity (Wildman–Crippen MR) is 126 cm³/mol. The number of guanidine groups is 1. The summed E-state index contributed by atoms with van der Waals surface area (Å²) in [5.74, 6) is 1.32. The number of nitrogens with zero attached hydrogens (tertiary/aromatic N) is 3. The number of methoxy groups -OCH3 is 1. The zero-order valence-corrected chi connectivity index (χ0v) is 20.3. The third kappa shape index (κ3) is 9.17. The highest BCUT2D eigenvalue weighted by molar-refractivity contribution is 14.0. The van der Waals surface area contributed by atoms with E-state index < -0.39 is 6.61 Å². The van der Waals surface area contributed by atoms with Gasteiger partial charge in [0.25, 0.3) is 0 Å². The van der Waals surface area contributed by atoms with Gasteiger partial charge in [0, 0.05) is 51.4 Å². The first-order valence-electron chi connectivity index (χ1n) is 10.1. The zero-order valence-electron chi connectivity index (χ0n) is 18.0. The highest BCUT2D eigenvalue weighted by Crippen LogP contribution is 2.26. The summed E-state index contributed by atoms with van der Waals surface area (Å²) in [6.07, 6.45) is 0. The minimum absolute atomic E-state index is 0. The highest BCUT2D eigenvalue weighted by atomic mass is 127. The van der Waals surface area contributed by atoms with Crippen LogP contribution in [0.5, 0.6) is 11.5 Å². The van der Waals surface area contributed by atoms with Crippen molar-refractivity contribution >= 4 is 29.9 Å². The lowest BCUT2D eigenvalue weighted by atomic mass is 10.2. The van der Waals surface area contributed by atoms with Gasteiger partial charge in [0.1, 0.15) is 11.5 Å². The third-order valence-corrected chi connectivity index (χ3v) is 4.87. The number of halogens is 3. The predicted octanol–water partition coefficient (Wildman–Crippen LogP) is 2.61. The molecule has 1 aromatic carbocycles. The summed E-state index contributed by atoms with van der Waals surface area (Å²) in [4.78, 5) is 9.40. The van der Waals surface area contributed by atoms with Crippen LogP contribution < -0.4 is 20.1 Å². The maximum Gasteiger partial charge on any atom is 0.387 e. The van der Waals surface area contributed by atoms with Gasteiger partial charge in [-0.3, -0.25) is 4.90 Å². The molecule has 30 heavy (non-hydrogen) atoms. The van der Waals surface area contributed by atoms with Crippen molar-refractivity contribution in [2.24, 2.45) is 4.99 Å². The van der Waals surface area contributed by atoms with E-state index in [2.05, 4.69) is 37.1 Å². The van der Waals surface area contributed by atoms with Crippen molar-refractivity contribution < 1.29 is 18.3 Å². The molecular weight excluding hydrogens is 507 g/mol. The van der Waals surface area contributed by atoms with Gasteiger partial charge in [-0.15, -0.1) is 24.0 Å². The monoisotopic (exact) mass is 541 g/mol. The highest BCUT2D eigenvalue weighted by Gasteiger charge is 2.15. The molecular formula is C20H34F2IN5O2. The third-order valence-electron chi connectivity index (χ3n) is 4.87. The van der Waals surface area contributed by atoms with Crippen LogP contribution in [0.1, 0.15) is 19.4 Å². The quantitative estimate of drug-likeness (QED) is 0.270. The SMILES string of the molecule is CCNC(=NCc1cc(OC)ccc1OC(F)F)NCCN1CCN(CC)CC1.I. The van der Waals surface area contributed by atoms with Crippen molar-refractivity contribution in [1.29, 1.82) is 0 Å². The zero-order chi connectivity index (χ0) is 21.1. The van der Waals surface area contributed by atoms with Crippen LogP contribution in [0.4, 0.5) is 8.78 Å². The summed E-state index contributed by atoms with van der Waals surface area (Å²) in [6, 6.07) is 4.73. The van der Waals surface area contributed by atoms with Crippen molar-refractivity contribution in [3.05, 3.63) is 23.8 Å². The van der Waals surface area contributed by atoms with Gasteiger partial charge in [-0.05, 0) is 31.7 Å². The van der Waals surface area contributed by atoms with Gasteiger partial charge in [0.2, 0.25) is 0 Å². The summed E-state index contributed by atoms with van der Waals surface area (Å²) >= 11 is 0. The van der Waals surface area contributed by atoms with E-state index in [1.165, 1.54) is 13.2 Å². The Morgan fingerprint density at radius 1 is 1.13 bits per heavy atom. The van der Waals surface area contributed by atoms with Gasteiger partial charge in [0.05, 0.1) is 13.7 Å². The van der Waals surface area contributed by atoms with Crippen molar-refractivity contribution in [1.82, 2.24) is 20.4 Å². The van der Waals surface area contributed by atoms with E-state index in [4.69, 9.17) is 4.74 Å². The second kappa shape index (κ2) is 14.6. The summed E-state index contributed by atoms with van der Waals surface area (Å²) in [5.41, 5.74) is 0.539. The number of alkyl halides is 2. The van der Waals surface area contributed by atoms with Crippen LogP contribution >= 0.6 is 24.0 Å². The fourth-order valence-electron chi connectivity index (χ4n) is 3.18. The second-order valence-corrected chi connectivity index (χ2v) is 6.75. The number of ether oxygens (including phenoxy) is 2. The largest absolute Gasteiger partial charge is 0.497 e. The van der Waals surface area contributed by atoms with E-state index in [9.17, 15) is 8.78 Å². The molecule has 0 amide bonds. The lowest BCUT2D eigenvalue weighted by Gasteiger charge is -2.34. The molecule has 10 heteroatoms. The Morgan fingerprint density at radius 2 is 1.83 bits per heavy atom. The molecule has 0 bridgehead atoms. The van der Waals surface area contributed by atoms with E-state index >= 15 is 0 Å². The summed E-state index contributed by atoms with van der Waals surface area (Å²) in [5, 5.41) is 6.50. The minimum atomic E-state index is -2.88. The van der Waals surface area contributed by atoms with E-state index in [0.717, 1.165) is 45.8 Å². The van der Waals surface area contributed by atoms with Gasteiger partial charge < -0.3 is 25.0 Å². The molecule has 1 heterocycles. The molecule has 1 aromatic rings. The van der Waals surface area contributed by atoms with Gasteiger partial charge >= 0.3 is 6.61 Å². The van der Waals surface area contributed by atoms with Gasteiger partial charge in [-0.1, -0.05) is 6.92 Å². The number of piperazine rings is 1. The normalized spacial score (nSPS) is 15.6. The molecule has 7 nitrogen and oxygen atoms in total. The van der Waals surface area contributed by atoms with Gasteiger partial charge in [-0.2, -0.15) is 8.78 Å². The molecule has 1 saturated heterocycles. The maximum absolute atomic E-state index is 12.7. The molecule has 0 aromatic heterocycles. The standard InChI is InChI=1S/C20H33F2N5O2.HI/c1-4-23-20(24-8-9-27-12-10-26(5-2)11-13-27)25-15-16-14-17(28-3)6-7-18(16)29-19(21)22;/h6-7,14,19H,4-5,8-13,15H2,1-3H3,(H2,23,24,25);1H. The van der Waals surface area contributed by atoms with Crippen LogP contribution in [0, 0.1) is 0 Å². The lowest BCUT2D eigenvalue weighted by Crippen LogP contribution is -2.49. The van der Waals surface area contributed by atoms with Gasteiger partial charge in [-0.25, -0.2) is 4.99 Å². The molecule has 0 atom stereocenters. The van der Waals surface area contributed by atoms with Crippen LogP contribution in [0.3, 0.4) is 0 Å². The number of rotatable bonds is 10. The Bertz CT molecular complexity index is 644. The van der Waals surface area contributed by atoms with E-state index in [0.29, 0.717) is 23.8 Å². The molecule has 2 rings (SSSR count). The number of benzene rings is 1. The Kier molecular flexibility index (Phi) is 12.9. The number of aliphatic imine (C=N–C) groups is 1. The molecule has 0 aliphatic carbocycles. The molecule has 1 aliphatic heterocycles. The molecule has 0 unspecified atom stereocenters. The van der Waals surface area contributed by atoms with Crippen molar-refractivity contribution in [3.63, 3.8) is 0 Å². The minimum Gasteiger partial charge on any atom is -0.497 e. The Hall–Kier alpha value is -1.40. The van der Waals surface area contributed by atoms with Crippen molar-refractivity contribution in [2.75, 3.05) is 59.5 Å². The van der Waals surface area contributed by atoms with Crippen LogP contribution in [0.25, 0.3) is 0 Å². The molecule has 1 fully saturated rings. The molecule has 1 aliphatic rings. The number of hydrogen-bond donors (Lipinski definition) is 2. The smallest absolute Gasteiger partial charge is 0.387 e. The first-order chi connectivity index (χ1) is 14.0. The first-order valence-corrected chi connectivity index (χ1v) is 10.1. The second-order valence-electron chi connectivity index (χ2n) is 6.75. The molecule has 0 saturated carbocycles. The first kappa shape index (κ1) is 26.6. The van der Waals surface area contributed by atoms with Crippen molar-refractivity contribution in [2.45, 2.75) is 27.0 Å². The van der Waals surface area contributed by atoms with Gasteiger partial charge in [0.15, 0.2) is 5.96 Å². The topological polar surface area (TPSA) is 61.4 Å². The number of hydrogen-bond acceptors (Lipinski definition) is 5. The number of nitrogens with one attached hydrogen (secondary N) is 2. The van der Waals surface area contributed by atoms with Crippen LogP contribution in [-0.2, 0) is 6.54 Å². The van der Waals surface area contributed by atoms with Crippen molar-refractivity contribution in [3.8, 4) is 11.5 Å². The van der Waals surface area contributed by atoms with Crippen LogP contribution in [-0.4, -0.2) is 81.8 Å². The van der Waals surface area contributed by atoms with E-state index in [1.807, 2.05) is 6.92 Å². The Morgan fingerprint density at radius 3 is 2.43 bits per heavy atom. The van der Waals surface area contributed by atoms with E-state index in [1.54, 1.807) is 12.1 Å². The van der Waals surface area contributed by atoms with E-state index in [-0.39, 0.29) is 36.3 Å². The fraction of sp³-hybridized carbons (Fsp3) is 0.650. The maximum atomic E-state index is 12.7. The average molecular weight is 541 g/mol. The van der Waals surface area contributed by atoms with Crippen LogP contribution in [0.2, 0.25) is 0 Å². The Balaban J connectivity index is 0.00000450. The molecule has 0 radical (unpaired) electrons. The average Bonchev–Trinajstić information content (AvgIpc) is 2.73. The summed E-state index contributed by atoms with van der Waals surface area (Å²) in [7, 11) is 1.53. The lowest BCUT2D eigenvalue weighted by molar-refractivity contribution is -0.0504. The molecule has 0 spiro atoms. The molecule has 2 N–H and O–H groups in total.